The lowest BCUT2D eigenvalue weighted by atomic mass is 10.0. The molecule has 0 aliphatic carbocycles. The van der Waals surface area contributed by atoms with E-state index in [9.17, 15) is 4.79 Å². The lowest BCUT2D eigenvalue weighted by molar-refractivity contribution is -0.121. The van der Waals surface area contributed by atoms with Crippen molar-refractivity contribution >= 4 is 5.91 Å². The minimum absolute atomic E-state index is 0.178. The minimum atomic E-state index is 0.178. The number of ether oxygens (including phenoxy) is 1. The molecule has 0 aromatic heterocycles. The Morgan fingerprint density at radius 3 is 2.80 bits per heavy atom. The highest BCUT2D eigenvalue weighted by Gasteiger charge is 2.14. The van der Waals surface area contributed by atoms with Gasteiger partial charge >= 0.3 is 0 Å². The molecule has 1 heterocycles. The molecule has 1 rings (SSSR count). The summed E-state index contributed by atoms with van der Waals surface area (Å²) in [5, 5.41) is 6.02. The van der Waals surface area contributed by atoms with E-state index in [2.05, 4.69) is 10.6 Å². The van der Waals surface area contributed by atoms with Gasteiger partial charge in [-0.2, -0.15) is 0 Å². The Hall–Kier alpha value is -0.610. The molecule has 0 spiro atoms. The zero-order chi connectivity index (χ0) is 10.9. The third-order valence-electron chi connectivity index (χ3n) is 2.76. The summed E-state index contributed by atoms with van der Waals surface area (Å²) in [4.78, 5) is 11.4. The van der Waals surface area contributed by atoms with Gasteiger partial charge in [-0.3, -0.25) is 4.79 Å². The average molecular weight is 214 g/mol. The second kappa shape index (κ2) is 7.65. The molecule has 0 saturated carbocycles. The Kier molecular flexibility index (Phi) is 6.36. The number of nitrogens with one attached hydrogen (secondary N) is 2. The van der Waals surface area contributed by atoms with Gasteiger partial charge in [-0.05, 0) is 38.8 Å². The van der Waals surface area contributed by atoms with Crippen molar-refractivity contribution in [2.75, 3.05) is 33.4 Å². The Morgan fingerprint density at radius 2 is 2.13 bits per heavy atom. The zero-order valence-corrected chi connectivity index (χ0v) is 9.55. The molecule has 2 N–H and O–H groups in total. The second-order valence-corrected chi connectivity index (χ2v) is 4.07. The molecular weight excluding hydrogens is 192 g/mol. The maximum atomic E-state index is 11.4. The van der Waals surface area contributed by atoms with Crippen LogP contribution in [0.5, 0.6) is 0 Å². The third-order valence-corrected chi connectivity index (χ3v) is 2.76. The van der Waals surface area contributed by atoms with E-state index in [0.29, 0.717) is 12.3 Å². The van der Waals surface area contributed by atoms with Gasteiger partial charge < -0.3 is 15.4 Å². The molecule has 1 aliphatic rings. The fraction of sp³-hybridized carbons (Fsp3) is 0.909. The summed E-state index contributed by atoms with van der Waals surface area (Å²) < 4.78 is 5.26. The molecule has 88 valence electrons. The van der Waals surface area contributed by atoms with Gasteiger partial charge in [0.1, 0.15) is 0 Å². The summed E-state index contributed by atoms with van der Waals surface area (Å²) in [6.45, 7) is 3.42. The lowest BCUT2D eigenvalue weighted by Crippen LogP contribution is -2.32. The van der Waals surface area contributed by atoms with Crippen LogP contribution in [-0.4, -0.2) is 39.3 Å². The number of hydrogen-bond acceptors (Lipinski definition) is 3. The van der Waals surface area contributed by atoms with Crippen molar-refractivity contribution in [2.45, 2.75) is 25.7 Å². The van der Waals surface area contributed by atoms with Crippen molar-refractivity contribution in [3.05, 3.63) is 0 Å². The second-order valence-electron chi connectivity index (χ2n) is 4.07. The number of amides is 1. The molecular formula is C11H22N2O2. The molecule has 0 aromatic carbocycles. The van der Waals surface area contributed by atoms with Gasteiger partial charge in [-0.15, -0.1) is 0 Å². The first-order valence-corrected chi connectivity index (χ1v) is 5.82. The van der Waals surface area contributed by atoms with Crippen molar-refractivity contribution < 1.29 is 9.53 Å². The first-order valence-electron chi connectivity index (χ1n) is 5.82. The van der Waals surface area contributed by atoms with Gasteiger partial charge in [-0.25, -0.2) is 0 Å². The average Bonchev–Trinajstić information content (AvgIpc) is 2.28. The molecule has 15 heavy (non-hydrogen) atoms. The summed E-state index contributed by atoms with van der Waals surface area (Å²) in [6.07, 6.45) is 3.70. The molecule has 0 unspecified atom stereocenters. The highest BCUT2D eigenvalue weighted by Crippen LogP contribution is 2.13. The van der Waals surface area contributed by atoms with Crippen molar-refractivity contribution in [2.24, 2.45) is 5.92 Å². The fourth-order valence-corrected chi connectivity index (χ4v) is 1.72. The predicted octanol–water partition coefficient (Wildman–Crippen LogP) is 0.529. The maximum absolute atomic E-state index is 11.4. The molecule has 0 atom stereocenters. The Balaban J connectivity index is 2.00. The Labute approximate surface area is 91.8 Å². The highest BCUT2D eigenvalue weighted by molar-refractivity contribution is 5.75. The van der Waals surface area contributed by atoms with Gasteiger partial charge in [0.05, 0.1) is 0 Å². The number of rotatable bonds is 6. The topological polar surface area (TPSA) is 50.4 Å². The van der Waals surface area contributed by atoms with Crippen molar-refractivity contribution in [1.82, 2.24) is 10.6 Å². The van der Waals surface area contributed by atoms with Crippen LogP contribution in [0.4, 0.5) is 0 Å². The van der Waals surface area contributed by atoms with Gasteiger partial charge in [-0.1, -0.05) is 0 Å². The Bertz CT molecular complexity index is 179. The molecule has 1 amide bonds. The molecule has 4 nitrogen and oxygen atoms in total. The number of carbonyl (C=O) groups excluding carboxylic acids is 1. The van der Waals surface area contributed by atoms with E-state index >= 15 is 0 Å². The van der Waals surface area contributed by atoms with Gasteiger partial charge in [0.25, 0.3) is 0 Å². The molecule has 4 heteroatoms. The monoisotopic (exact) mass is 214 g/mol. The van der Waals surface area contributed by atoms with E-state index in [1.54, 1.807) is 0 Å². The van der Waals surface area contributed by atoms with Crippen LogP contribution in [0.1, 0.15) is 25.7 Å². The van der Waals surface area contributed by atoms with E-state index in [1.165, 1.54) is 0 Å². The van der Waals surface area contributed by atoms with E-state index in [1.807, 2.05) is 7.05 Å². The van der Waals surface area contributed by atoms with Crippen molar-refractivity contribution in [3.8, 4) is 0 Å². The van der Waals surface area contributed by atoms with E-state index in [-0.39, 0.29) is 5.91 Å². The van der Waals surface area contributed by atoms with Crippen LogP contribution in [0.25, 0.3) is 0 Å². The quantitative estimate of drug-likeness (QED) is 0.634. The van der Waals surface area contributed by atoms with Crippen LogP contribution in [0.3, 0.4) is 0 Å². The zero-order valence-electron chi connectivity index (χ0n) is 9.55. The summed E-state index contributed by atoms with van der Waals surface area (Å²) >= 11 is 0. The molecule has 1 aliphatic heterocycles. The summed E-state index contributed by atoms with van der Waals surface area (Å²) in [5.41, 5.74) is 0. The van der Waals surface area contributed by atoms with Crippen LogP contribution in [0.15, 0.2) is 0 Å². The highest BCUT2D eigenvalue weighted by atomic mass is 16.5. The van der Waals surface area contributed by atoms with Crippen LogP contribution in [-0.2, 0) is 9.53 Å². The van der Waals surface area contributed by atoms with E-state index in [4.69, 9.17) is 4.74 Å². The first-order chi connectivity index (χ1) is 7.33. The van der Waals surface area contributed by atoms with Crippen LogP contribution in [0.2, 0.25) is 0 Å². The molecule has 0 radical (unpaired) electrons. The lowest BCUT2D eigenvalue weighted by Gasteiger charge is -2.22. The Morgan fingerprint density at radius 1 is 1.40 bits per heavy atom. The van der Waals surface area contributed by atoms with E-state index < -0.39 is 0 Å². The van der Waals surface area contributed by atoms with Gasteiger partial charge in [0.15, 0.2) is 0 Å². The van der Waals surface area contributed by atoms with Crippen molar-refractivity contribution in [1.29, 1.82) is 0 Å². The largest absolute Gasteiger partial charge is 0.381 e. The number of hydrogen-bond donors (Lipinski definition) is 2. The minimum Gasteiger partial charge on any atom is -0.381 e. The summed E-state index contributed by atoms with van der Waals surface area (Å²) in [5.74, 6) is 0.795. The molecule has 0 aromatic rings. The smallest absolute Gasteiger partial charge is 0.220 e. The molecule has 1 saturated heterocycles. The fourth-order valence-electron chi connectivity index (χ4n) is 1.72. The third kappa shape index (κ3) is 5.74. The van der Waals surface area contributed by atoms with Gasteiger partial charge in [0.2, 0.25) is 5.91 Å². The first kappa shape index (κ1) is 12.5. The van der Waals surface area contributed by atoms with Gasteiger partial charge in [0, 0.05) is 26.2 Å². The van der Waals surface area contributed by atoms with Crippen molar-refractivity contribution in [3.63, 3.8) is 0 Å². The molecule has 0 bridgehead atoms. The molecule has 1 fully saturated rings. The SMILES string of the molecule is CNCCCC(=O)NCC1CCOCC1. The standard InChI is InChI=1S/C11H22N2O2/c1-12-6-2-3-11(14)13-9-10-4-7-15-8-5-10/h10,12H,2-9H2,1H3,(H,13,14). The van der Waals surface area contributed by atoms with Crippen LogP contribution in [0, 0.1) is 5.92 Å². The summed E-state index contributed by atoms with van der Waals surface area (Å²) in [6, 6.07) is 0. The van der Waals surface area contributed by atoms with Crippen LogP contribution < -0.4 is 10.6 Å². The number of carbonyl (C=O) groups is 1. The normalized spacial score (nSPS) is 17.7. The summed E-state index contributed by atoms with van der Waals surface area (Å²) in [7, 11) is 1.90. The van der Waals surface area contributed by atoms with E-state index in [0.717, 1.165) is 45.6 Å². The van der Waals surface area contributed by atoms with Crippen LogP contribution >= 0.6 is 0 Å². The maximum Gasteiger partial charge on any atom is 0.220 e. The predicted molar refractivity (Wildman–Crippen MR) is 59.7 cm³/mol.